The smallest absolute Gasteiger partial charge is 0.242 e. The van der Waals surface area contributed by atoms with Crippen molar-refractivity contribution in [3.8, 4) is 17.1 Å². The fraction of sp³-hybridized carbons (Fsp3) is 0.125. The number of phenols is 1. The Morgan fingerprint density at radius 3 is 2.54 bits per heavy atom. The summed E-state index contributed by atoms with van der Waals surface area (Å²) < 4.78 is 42.9. The number of aromatic hydroxyl groups is 1. The molecular formula is C16H13FN2O4S. The lowest BCUT2D eigenvalue weighted by Crippen LogP contribution is -2.05. The first kappa shape index (κ1) is 16.1. The fourth-order valence-corrected chi connectivity index (χ4v) is 3.27. The van der Waals surface area contributed by atoms with E-state index in [2.05, 4.69) is 10.1 Å². The van der Waals surface area contributed by atoms with Gasteiger partial charge in [0, 0.05) is 5.56 Å². The monoisotopic (exact) mass is 348 g/mol. The maximum absolute atomic E-state index is 13.3. The third-order valence-electron chi connectivity index (χ3n) is 3.39. The van der Waals surface area contributed by atoms with Crippen molar-refractivity contribution in [2.75, 3.05) is 0 Å². The summed E-state index contributed by atoms with van der Waals surface area (Å²) in [6.07, 6.45) is 0. The highest BCUT2D eigenvalue weighted by atomic mass is 32.2. The summed E-state index contributed by atoms with van der Waals surface area (Å²) in [5.74, 6) is -0.725. The third-order valence-corrected chi connectivity index (χ3v) is 5.01. The number of sulfone groups is 1. The second kappa shape index (κ2) is 6.04. The number of halogens is 1. The number of benzene rings is 2. The minimum absolute atomic E-state index is 0.0271. The number of nitrogens with zero attached hydrogens (tertiary/aromatic N) is 2. The van der Waals surface area contributed by atoms with Crippen LogP contribution in [0, 0.1) is 12.7 Å². The summed E-state index contributed by atoms with van der Waals surface area (Å²) >= 11 is 0. The molecule has 3 aromatic rings. The molecule has 8 heteroatoms. The lowest BCUT2D eigenvalue weighted by molar-refractivity contribution is 0.389. The standard InChI is InChI=1S/C16H13FN2O4S/c1-10-8-11(2-7-14(10)17)16-18-15(23-19-16)9-24(21,22)13-5-3-12(20)4-6-13/h2-8,20H,9H2,1H3. The van der Waals surface area contributed by atoms with Crippen LogP contribution in [-0.4, -0.2) is 23.7 Å². The number of phenolic OH excluding ortho intramolecular Hbond substituents is 1. The number of hydrogen-bond acceptors (Lipinski definition) is 6. The molecule has 1 N–H and O–H groups in total. The van der Waals surface area contributed by atoms with Gasteiger partial charge >= 0.3 is 0 Å². The van der Waals surface area contributed by atoms with E-state index in [4.69, 9.17) is 4.52 Å². The highest BCUT2D eigenvalue weighted by molar-refractivity contribution is 7.90. The first-order chi connectivity index (χ1) is 11.3. The Balaban J connectivity index is 1.85. The van der Waals surface area contributed by atoms with Crippen molar-refractivity contribution in [2.45, 2.75) is 17.6 Å². The highest BCUT2D eigenvalue weighted by Gasteiger charge is 2.20. The molecule has 0 saturated carbocycles. The van der Waals surface area contributed by atoms with E-state index in [0.717, 1.165) is 0 Å². The molecule has 1 heterocycles. The van der Waals surface area contributed by atoms with Gasteiger partial charge in [0.15, 0.2) is 9.84 Å². The Labute approximate surface area is 137 Å². The largest absolute Gasteiger partial charge is 0.508 e. The SMILES string of the molecule is Cc1cc(-c2noc(CS(=O)(=O)c3ccc(O)cc3)n2)ccc1F. The van der Waals surface area contributed by atoms with Crippen molar-refractivity contribution in [3.05, 3.63) is 59.7 Å². The molecular weight excluding hydrogens is 335 g/mol. The molecule has 0 atom stereocenters. The zero-order chi connectivity index (χ0) is 17.3. The van der Waals surface area contributed by atoms with Gasteiger partial charge in [0.25, 0.3) is 0 Å². The molecule has 0 fully saturated rings. The molecule has 0 spiro atoms. The average molecular weight is 348 g/mol. The first-order valence-electron chi connectivity index (χ1n) is 6.96. The zero-order valence-corrected chi connectivity index (χ0v) is 13.4. The Morgan fingerprint density at radius 1 is 1.17 bits per heavy atom. The molecule has 0 radical (unpaired) electrons. The lowest BCUT2D eigenvalue weighted by atomic mass is 10.1. The van der Waals surface area contributed by atoms with Crippen molar-refractivity contribution >= 4 is 9.84 Å². The van der Waals surface area contributed by atoms with E-state index in [9.17, 15) is 17.9 Å². The summed E-state index contributed by atoms with van der Waals surface area (Å²) in [7, 11) is -3.68. The minimum Gasteiger partial charge on any atom is -0.508 e. The van der Waals surface area contributed by atoms with Crippen LogP contribution in [0.4, 0.5) is 4.39 Å². The van der Waals surface area contributed by atoms with Gasteiger partial charge in [-0.2, -0.15) is 4.98 Å². The van der Waals surface area contributed by atoms with Gasteiger partial charge in [-0.25, -0.2) is 12.8 Å². The van der Waals surface area contributed by atoms with E-state index in [1.807, 2.05) is 0 Å². The minimum atomic E-state index is -3.68. The van der Waals surface area contributed by atoms with Crippen molar-refractivity contribution < 1.29 is 22.4 Å². The molecule has 0 unspecified atom stereocenters. The fourth-order valence-electron chi connectivity index (χ4n) is 2.11. The first-order valence-corrected chi connectivity index (χ1v) is 8.61. The van der Waals surface area contributed by atoms with Crippen molar-refractivity contribution in [1.82, 2.24) is 10.1 Å². The summed E-state index contributed by atoms with van der Waals surface area (Å²) in [4.78, 5) is 4.09. The van der Waals surface area contributed by atoms with Crippen molar-refractivity contribution in [2.24, 2.45) is 0 Å². The van der Waals surface area contributed by atoms with E-state index in [1.165, 1.54) is 36.4 Å². The van der Waals surface area contributed by atoms with E-state index in [-0.39, 0.29) is 28.2 Å². The summed E-state index contributed by atoms with van der Waals surface area (Å²) in [5, 5.41) is 13.0. The van der Waals surface area contributed by atoms with Crippen LogP contribution in [0.2, 0.25) is 0 Å². The third kappa shape index (κ3) is 3.28. The summed E-state index contributed by atoms with van der Waals surface area (Å²) in [6.45, 7) is 1.61. The van der Waals surface area contributed by atoms with Crippen LogP contribution in [0.5, 0.6) is 5.75 Å². The molecule has 0 aliphatic carbocycles. The van der Waals surface area contributed by atoms with Gasteiger partial charge in [-0.05, 0) is 55.0 Å². The molecule has 0 saturated heterocycles. The van der Waals surface area contributed by atoms with Crippen LogP contribution in [0.3, 0.4) is 0 Å². The maximum Gasteiger partial charge on any atom is 0.242 e. The van der Waals surface area contributed by atoms with Crippen molar-refractivity contribution in [3.63, 3.8) is 0 Å². The van der Waals surface area contributed by atoms with E-state index >= 15 is 0 Å². The molecule has 24 heavy (non-hydrogen) atoms. The second-order valence-corrected chi connectivity index (χ2v) is 7.22. The van der Waals surface area contributed by atoms with Gasteiger partial charge in [-0.3, -0.25) is 0 Å². The predicted molar refractivity (Wildman–Crippen MR) is 83.4 cm³/mol. The highest BCUT2D eigenvalue weighted by Crippen LogP contribution is 2.22. The molecule has 1 aromatic heterocycles. The van der Waals surface area contributed by atoms with Crippen LogP contribution in [0.1, 0.15) is 11.5 Å². The molecule has 2 aromatic carbocycles. The topological polar surface area (TPSA) is 93.3 Å². The molecule has 124 valence electrons. The molecule has 0 amide bonds. The molecule has 0 aliphatic heterocycles. The molecule has 0 aliphatic rings. The Kier molecular flexibility index (Phi) is 4.06. The van der Waals surface area contributed by atoms with Gasteiger partial charge < -0.3 is 9.63 Å². The Morgan fingerprint density at radius 2 is 1.88 bits per heavy atom. The van der Waals surface area contributed by atoms with Crippen LogP contribution >= 0.6 is 0 Å². The van der Waals surface area contributed by atoms with E-state index < -0.39 is 15.6 Å². The number of aromatic nitrogens is 2. The summed E-state index contributed by atoms with van der Waals surface area (Å²) in [6, 6.07) is 9.50. The predicted octanol–water partition coefficient (Wildman–Crippen LogP) is 2.86. The van der Waals surface area contributed by atoms with Gasteiger partial charge in [-0.15, -0.1) is 0 Å². The Hall–Kier alpha value is -2.74. The number of aryl methyl sites for hydroxylation is 1. The van der Waals surface area contributed by atoms with Crippen LogP contribution in [-0.2, 0) is 15.6 Å². The Bertz CT molecular complexity index is 982. The molecule has 3 rings (SSSR count). The van der Waals surface area contributed by atoms with Gasteiger partial charge in [0.2, 0.25) is 11.7 Å². The van der Waals surface area contributed by atoms with Gasteiger partial charge in [0.1, 0.15) is 17.3 Å². The van der Waals surface area contributed by atoms with Gasteiger partial charge in [0.05, 0.1) is 4.90 Å². The van der Waals surface area contributed by atoms with Crippen LogP contribution < -0.4 is 0 Å². The van der Waals surface area contributed by atoms with E-state index in [1.54, 1.807) is 13.0 Å². The summed E-state index contributed by atoms with van der Waals surface area (Å²) in [5.41, 5.74) is 0.960. The van der Waals surface area contributed by atoms with Crippen LogP contribution in [0.15, 0.2) is 51.9 Å². The lowest BCUT2D eigenvalue weighted by Gasteiger charge is -2.01. The van der Waals surface area contributed by atoms with E-state index in [0.29, 0.717) is 11.1 Å². The normalized spacial score (nSPS) is 11.6. The van der Waals surface area contributed by atoms with Crippen LogP contribution in [0.25, 0.3) is 11.4 Å². The molecule has 6 nitrogen and oxygen atoms in total. The average Bonchev–Trinajstić information content (AvgIpc) is 2.98. The van der Waals surface area contributed by atoms with Gasteiger partial charge in [-0.1, -0.05) is 5.16 Å². The zero-order valence-electron chi connectivity index (χ0n) is 12.6. The number of rotatable bonds is 4. The second-order valence-electron chi connectivity index (χ2n) is 5.23. The van der Waals surface area contributed by atoms with Crippen molar-refractivity contribution in [1.29, 1.82) is 0 Å². The maximum atomic E-state index is 13.3. The number of hydrogen-bond donors (Lipinski definition) is 1. The molecule has 0 bridgehead atoms. The quantitative estimate of drug-likeness (QED) is 0.779.